The number of benzene rings is 1. The minimum Gasteiger partial charge on any atom is -0.490 e. The van der Waals surface area contributed by atoms with Crippen molar-refractivity contribution in [1.29, 1.82) is 0 Å². The molecule has 1 aliphatic heterocycles. The van der Waals surface area contributed by atoms with Gasteiger partial charge >= 0.3 is 6.09 Å². The third-order valence-corrected chi connectivity index (χ3v) is 3.81. The first kappa shape index (κ1) is 19.5. The molecule has 1 aromatic rings. The summed E-state index contributed by atoms with van der Waals surface area (Å²) in [7, 11) is 0. The van der Waals surface area contributed by atoms with Gasteiger partial charge < -0.3 is 19.1 Å². The maximum Gasteiger partial charge on any atom is 0.410 e. The van der Waals surface area contributed by atoms with Gasteiger partial charge in [0, 0.05) is 12.6 Å². The molecule has 1 aromatic carbocycles. The van der Waals surface area contributed by atoms with Crippen molar-refractivity contribution in [2.75, 3.05) is 26.3 Å². The fourth-order valence-corrected chi connectivity index (χ4v) is 2.61. The van der Waals surface area contributed by atoms with Gasteiger partial charge in [-0.25, -0.2) is 9.18 Å². The predicted molar refractivity (Wildman–Crippen MR) is 93.5 cm³/mol. The molecule has 25 heavy (non-hydrogen) atoms. The number of morpholine rings is 1. The van der Waals surface area contributed by atoms with Gasteiger partial charge in [0.1, 0.15) is 29.9 Å². The van der Waals surface area contributed by atoms with E-state index in [4.69, 9.17) is 14.2 Å². The number of halogens is 1. The van der Waals surface area contributed by atoms with E-state index in [1.54, 1.807) is 11.0 Å². The Hall–Kier alpha value is -1.82. The van der Waals surface area contributed by atoms with E-state index in [-0.39, 0.29) is 30.5 Å². The Morgan fingerprint density at radius 3 is 2.76 bits per heavy atom. The van der Waals surface area contributed by atoms with Crippen molar-refractivity contribution in [2.24, 2.45) is 0 Å². The summed E-state index contributed by atoms with van der Waals surface area (Å²) in [6.45, 7) is 11.1. The van der Waals surface area contributed by atoms with Crippen molar-refractivity contribution in [3.63, 3.8) is 0 Å². The molecule has 1 saturated heterocycles. The Morgan fingerprint density at radius 1 is 1.40 bits per heavy atom. The van der Waals surface area contributed by atoms with E-state index in [1.807, 2.05) is 34.6 Å². The van der Waals surface area contributed by atoms with Crippen LogP contribution in [-0.2, 0) is 9.47 Å². The topological polar surface area (TPSA) is 48.0 Å². The second-order valence-corrected chi connectivity index (χ2v) is 7.57. The number of carbonyl (C=O) groups is 1. The third kappa shape index (κ3) is 5.88. The molecule has 1 fully saturated rings. The van der Waals surface area contributed by atoms with E-state index in [9.17, 15) is 9.18 Å². The summed E-state index contributed by atoms with van der Waals surface area (Å²) < 4.78 is 30.4. The van der Waals surface area contributed by atoms with Crippen LogP contribution in [0, 0.1) is 5.82 Å². The van der Waals surface area contributed by atoms with Crippen LogP contribution in [0.5, 0.6) is 5.75 Å². The molecule has 0 N–H and O–H groups in total. The molecule has 0 radical (unpaired) electrons. The Bertz CT molecular complexity index is 598. The smallest absolute Gasteiger partial charge is 0.410 e. The second-order valence-electron chi connectivity index (χ2n) is 7.57. The lowest BCUT2D eigenvalue weighted by atomic mass is 10.0. The van der Waals surface area contributed by atoms with E-state index in [0.29, 0.717) is 25.4 Å². The minimum absolute atomic E-state index is 0.223. The summed E-state index contributed by atoms with van der Waals surface area (Å²) in [6, 6.07) is 4.57. The van der Waals surface area contributed by atoms with Crippen LogP contribution < -0.4 is 4.74 Å². The molecular formula is C19H28FNO4. The minimum atomic E-state index is -0.533. The van der Waals surface area contributed by atoms with Gasteiger partial charge in [-0.3, -0.25) is 0 Å². The summed E-state index contributed by atoms with van der Waals surface area (Å²) in [5.74, 6) is 0.411. The predicted octanol–water partition coefficient (Wildman–Crippen LogP) is 3.96. The van der Waals surface area contributed by atoms with Gasteiger partial charge in [0.25, 0.3) is 0 Å². The van der Waals surface area contributed by atoms with Gasteiger partial charge in [-0.15, -0.1) is 0 Å². The number of carbonyl (C=O) groups excluding carboxylic acids is 1. The first-order chi connectivity index (χ1) is 11.7. The average molecular weight is 353 g/mol. The van der Waals surface area contributed by atoms with E-state index in [0.717, 1.165) is 5.56 Å². The molecule has 140 valence electrons. The molecule has 1 aliphatic rings. The number of hydrogen-bond donors (Lipinski definition) is 0. The SMILES string of the molecule is CC(C)c1ccc(F)cc1OCC1CN(C(=O)OC(C)(C)C)CCO1. The lowest BCUT2D eigenvalue weighted by Gasteiger charge is -2.34. The largest absolute Gasteiger partial charge is 0.490 e. The molecule has 1 atom stereocenters. The summed E-state index contributed by atoms with van der Waals surface area (Å²) in [5.41, 5.74) is 0.413. The number of nitrogens with zero attached hydrogens (tertiary/aromatic N) is 1. The molecule has 0 spiro atoms. The summed E-state index contributed by atoms with van der Waals surface area (Å²) in [6.07, 6.45) is -0.626. The molecule has 0 saturated carbocycles. The number of hydrogen-bond acceptors (Lipinski definition) is 4. The van der Waals surface area contributed by atoms with Crippen molar-refractivity contribution >= 4 is 6.09 Å². The first-order valence-corrected chi connectivity index (χ1v) is 8.67. The highest BCUT2D eigenvalue weighted by Crippen LogP contribution is 2.27. The quantitative estimate of drug-likeness (QED) is 0.822. The van der Waals surface area contributed by atoms with Crippen molar-refractivity contribution in [3.05, 3.63) is 29.6 Å². The lowest BCUT2D eigenvalue weighted by Crippen LogP contribution is -2.49. The zero-order chi connectivity index (χ0) is 18.6. The molecule has 0 aromatic heterocycles. The maximum atomic E-state index is 13.5. The lowest BCUT2D eigenvalue weighted by molar-refractivity contribution is -0.0558. The highest BCUT2D eigenvalue weighted by atomic mass is 19.1. The van der Waals surface area contributed by atoms with Crippen LogP contribution in [0.25, 0.3) is 0 Å². The van der Waals surface area contributed by atoms with Crippen molar-refractivity contribution in [3.8, 4) is 5.75 Å². The average Bonchev–Trinajstić information content (AvgIpc) is 2.51. The summed E-state index contributed by atoms with van der Waals surface area (Å²) in [5, 5.41) is 0. The Labute approximate surface area is 149 Å². The van der Waals surface area contributed by atoms with Crippen LogP contribution in [0.1, 0.15) is 46.1 Å². The summed E-state index contributed by atoms with van der Waals surface area (Å²) in [4.78, 5) is 13.8. The molecule has 0 bridgehead atoms. The third-order valence-electron chi connectivity index (χ3n) is 3.81. The van der Waals surface area contributed by atoms with Gasteiger partial charge in [-0.2, -0.15) is 0 Å². The van der Waals surface area contributed by atoms with Crippen molar-refractivity contribution in [2.45, 2.75) is 52.2 Å². The zero-order valence-electron chi connectivity index (χ0n) is 15.7. The molecule has 2 rings (SSSR count). The Balaban J connectivity index is 1.95. The van der Waals surface area contributed by atoms with Crippen LogP contribution >= 0.6 is 0 Å². The van der Waals surface area contributed by atoms with E-state index in [1.165, 1.54) is 12.1 Å². The number of rotatable bonds is 4. The number of ether oxygens (including phenoxy) is 3. The van der Waals surface area contributed by atoms with Crippen LogP contribution in [0.2, 0.25) is 0 Å². The zero-order valence-corrected chi connectivity index (χ0v) is 15.7. The highest BCUT2D eigenvalue weighted by Gasteiger charge is 2.28. The normalized spacial score (nSPS) is 18.4. The van der Waals surface area contributed by atoms with Gasteiger partial charge in [0.05, 0.1) is 13.2 Å². The molecule has 1 unspecified atom stereocenters. The summed E-state index contributed by atoms with van der Waals surface area (Å²) >= 11 is 0. The van der Waals surface area contributed by atoms with E-state index < -0.39 is 5.60 Å². The fraction of sp³-hybridized carbons (Fsp3) is 0.632. The maximum absolute atomic E-state index is 13.5. The van der Waals surface area contributed by atoms with Gasteiger partial charge in [-0.05, 0) is 38.3 Å². The molecular weight excluding hydrogens is 325 g/mol. The molecule has 1 heterocycles. The Kier molecular flexibility index (Phi) is 6.27. The Morgan fingerprint density at radius 2 is 2.12 bits per heavy atom. The second kappa shape index (κ2) is 8.04. The number of amides is 1. The van der Waals surface area contributed by atoms with Crippen molar-refractivity contribution in [1.82, 2.24) is 4.90 Å². The first-order valence-electron chi connectivity index (χ1n) is 8.67. The fourth-order valence-electron chi connectivity index (χ4n) is 2.61. The van der Waals surface area contributed by atoms with Gasteiger partial charge in [-0.1, -0.05) is 19.9 Å². The highest BCUT2D eigenvalue weighted by molar-refractivity contribution is 5.68. The standard InChI is InChI=1S/C19H28FNO4/c1-13(2)16-7-6-14(20)10-17(16)24-12-15-11-21(8-9-23-15)18(22)25-19(3,4)5/h6-7,10,13,15H,8-9,11-12H2,1-5H3. The monoisotopic (exact) mass is 353 g/mol. The molecule has 6 heteroatoms. The van der Waals surface area contributed by atoms with E-state index in [2.05, 4.69) is 0 Å². The van der Waals surface area contributed by atoms with Gasteiger partial charge in [0.15, 0.2) is 0 Å². The van der Waals surface area contributed by atoms with E-state index >= 15 is 0 Å². The van der Waals surface area contributed by atoms with Crippen molar-refractivity contribution < 1.29 is 23.4 Å². The molecule has 1 amide bonds. The van der Waals surface area contributed by atoms with Crippen LogP contribution in [0.4, 0.5) is 9.18 Å². The molecule has 5 nitrogen and oxygen atoms in total. The molecule has 0 aliphatic carbocycles. The van der Waals surface area contributed by atoms with Gasteiger partial charge in [0.2, 0.25) is 0 Å². The van der Waals surface area contributed by atoms with Crippen LogP contribution in [0.15, 0.2) is 18.2 Å². The van der Waals surface area contributed by atoms with Crippen LogP contribution in [0.3, 0.4) is 0 Å². The van der Waals surface area contributed by atoms with Crippen LogP contribution in [-0.4, -0.2) is 49.0 Å².